The molecule has 1 aliphatic heterocycles. The maximum absolute atomic E-state index is 12.1. The third-order valence-electron chi connectivity index (χ3n) is 5.54. The molecule has 3 rings (SSSR count). The molecule has 1 aliphatic carbocycles. The number of aliphatic hydroxyl groups is 1. The number of rotatable bonds is 6. The van der Waals surface area contributed by atoms with Crippen molar-refractivity contribution in [1.82, 2.24) is 15.5 Å². The van der Waals surface area contributed by atoms with Crippen molar-refractivity contribution < 1.29 is 9.90 Å². The molecule has 5 heteroatoms. The molecule has 25 heavy (non-hydrogen) atoms. The summed E-state index contributed by atoms with van der Waals surface area (Å²) in [4.78, 5) is 14.6. The predicted molar refractivity (Wildman–Crippen MR) is 99.2 cm³/mol. The summed E-state index contributed by atoms with van der Waals surface area (Å²) in [7, 11) is 0. The van der Waals surface area contributed by atoms with E-state index in [0.29, 0.717) is 25.0 Å². The molecule has 0 bridgehead atoms. The number of nitrogens with one attached hydrogen (secondary N) is 2. The van der Waals surface area contributed by atoms with Crippen LogP contribution in [0, 0.1) is 5.92 Å². The highest BCUT2D eigenvalue weighted by molar-refractivity contribution is 5.73. The molecule has 1 saturated heterocycles. The van der Waals surface area contributed by atoms with Crippen LogP contribution in [0.15, 0.2) is 30.3 Å². The van der Waals surface area contributed by atoms with E-state index in [2.05, 4.69) is 39.8 Å². The van der Waals surface area contributed by atoms with Crippen molar-refractivity contribution in [1.29, 1.82) is 0 Å². The number of benzene rings is 1. The Balaban J connectivity index is 1.41. The molecule has 1 aromatic rings. The molecule has 138 valence electrons. The normalized spacial score (nSPS) is 27.2. The fourth-order valence-electron chi connectivity index (χ4n) is 4.06. The highest BCUT2D eigenvalue weighted by atomic mass is 16.3. The van der Waals surface area contributed by atoms with Crippen LogP contribution >= 0.6 is 0 Å². The molecule has 3 atom stereocenters. The number of carbonyl (C=O) groups excluding carboxylic acids is 1. The monoisotopic (exact) mass is 345 g/mol. The van der Waals surface area contributed by atoms with Gasteiger partial charge in [0.25, 0.3) is 0 Å². The van der Waals surface area contributed by atoms with Gasteiger partial charge in [0.15, 0.2) is 0 Å². The summed E-state index contributed by atoms with van der Waals surface area (Å²) in [6.45, 7) is 3.42. The van der Waals surface area contributed by atoms with E-state index in [1.54, 1.807) is 0 Å². The Morgan fingerprint density at radius 3 is 2.64 bits per heavy atom. The van der Waals surface area contributed by atoms with Crippen molar-refractivity contribution >= 4 is 6.03 Å². The summed E-state index contributed by atoms with van der Waals surface area (Å²) in [6, 6.07) is 10.9. The van der Waals surface area contributed by atoms with Crippen LogP contribution < -0.4 is 10.6 Å². The lowest BCUT2D eigenvalue weighted by atomic mass is 10.0. The Morgan fingerprint density at radius 2 is 1.88 bits per heavy atom. The molecule has 3 N–H and O–H groups in total. The first-order valence-corrected chi connectivity index (χ1v) is 9.68. The molecular formula is C20H31N3O2. The lowest BCUT2D eigenvalue weighted by Gasteiger charge is -2.36. The minimum atomic E-state index is -0.177. The quantitative estimate of drug-likeness (QED) is 0.742. The smallest absolute Gasteiger partial charge is 0.314 e. The van der Waals surface area contributed by atoms with Gasteiger partial charge in [0, 0.05) is 25.7 Å². The van der Waals surface area contributed by atoms with Crippen LogP contribution in [-0.2, 0) is 6.54 Å². The second kappa shape index (κ2) is 9.20. The van der Waals surface area contributed by atoms with Gasteiger partial charge in [-0.1, -0.05) is 36.8 Å². The van der Waals surface area contributed by atoms with Crippen LogP contribution in [-0.4, -0.2) is 47.8 Å². The fraction of sp³-hybridized carbons (Fsp3) is 0.650. The van der Waals surface area contributed by atoms with Crippen LogP contribution in [0.1, 0.15) is 44.1 Å². The van der Waals surface area contributed by atoms with Crippen molar-refractivity contribution in [3.05, 3.63) is 35.9 Å². The second-order valence-electron chi connectivity index (χ2n) is 7.53. The predicted octanol–water partition coefficient (Wildman–Crippen LogP) is 2.50. The standard InChI is InChI=1S/C20H31N3O2/c24-19-10-9-17(12-19)13-21-20(25)22-14-18-8-4-5-11-23(18)15-16-6-2-1-3-7-16/h1-3,6-7,17-19,24H,4-5,8-15H2,(H2,21,22,25). The minimum absolute atomic E-state index is 0.0772. The van der Waals surface area contributed by atoms with E-state index in [1.807, 2.05) is 6.07 Å². The van der Waals surface area contributed by atoms with Gasteiger partial charge >= 0.3 is 6.03 Å². The Labute approximate surface area is 150 Å². The van der Waals surface area contributed by atoms with E-state index in [1.165, 1.54) is 18.4 Å². The number of hydrogen-bond donors (Lipinski definition) is 3. The van der Waals surface area contributed by atoms with Crippen molar-refractivity contribution in [3.8, 4) is 0 Å². The van der Waals surface area contributed by atoms with Gasteiger partial charge in [-0.25, -0.2) is 4.79 Å². The number of piperidine rings is 1. The molecule has 5 nitrogen and oxygen atoms in total. The minimum Gasteiger partial charge on any atom is -0.393 e. The van der Waals surface area contributed by atoms with Crippen molar-refractivity contribution in [2.24, 2.45) is 5.92 Å². The van der Waals surface area contributed by atoms with Gasteiger partial charge in [-0.05, 0) is 50.1 Å². The fourth-order valence-corrected chi connectivity index (χ4v) is 4.06. The Hall–Kier alpha value is -1.59. The summed E-state index contributed by atoms with van der Waals surface area (Å²) in [5.74, 6) is 0.421. The molecule has 0 radical (unpaired) electrons. The van der Waals surface area contributed by atoms with Crippen LogP contribution in [0.2, 0.25) is 0 Å². The van der Waals surface area contributed by atoms with E-state index >= 15 is 0 Å². The van der Waals surface area contributed by atoms with Gasteiger partial charge < -0.3 is 15.7 Å². The molecule has 1 aromatic carbocycles. The first-order valence-electron chi connectivity index (χ1n) is 9.68. The average molecular weight is 345 g/mol. The highest BCUT2D eigenvalue weighted by Crippen LogP contribution is 2.24. The number of urea groups is 1. The van der Waals surface area contributed by atoms with Gasteiger partial charge in [-0.2, -0.15) is 0 Å². The molecule has 0 spiro atoms. The summed E-state index contributed by atoms with van der Waals surface area (Å²) < 4.78 is 0. The van der Waals surface area contributed by atoms with Crippen molar-refractivity contribution in [3.63, 3.8) is 0 Å². The summed E-state index contributed by atoms with van der Waals surface area (Å²) in [5, 5.41) is 15.6. The molecule has 2 fully saturated rings. The van der Waals surface area contributed by atoms with Crippen LogP contribution in [0.25, 0.3) is 0 Å². The van der Waals surface area contributed by atoms with Gasteiger partial charge in [-0.15, -0.1) is 0 Å². The summed E-state index contributed by atoms with van der Waals surface area (Å²) in [5.41, 5.74) is 1.33. The topological polar surface area (TPSA) is 64.6 Å². The lowest BCUT2D eigenvalue weighted by molar-refractivity contribution is 0.138. The second-order valence-corrected chi connectivity index (χ2v) is 7.53. The van der Waals surface area contributed by atoms with E-state index in [9.17, 15) is 9.90 Å². The first-order chi connectivity index (χ1) is 12.2. The van der Waals surface area contributed by atoms with E-state index in [-0.39, 0.29) is 12.1 Å². The number of carbonyl (C=O) groups is 1. The summed E-state index contributed by atoms with van der Waals surface area (Å²) in [6.07, 6.45) is 6.12. The third-order valence-corrected chi connectivity index (χ3v) is 5.54. The molecule has 2 amide bonds. The summed E-state index contributed by atoms with van der Waals surface area (Å²) >= 11 is 0. The Morgan fingerprint density at radius 1 is 1.08 bits per heavy atom. The van der Waals surface area contributed by atoms with Crippen LogP contribution in [0.3, 0.4) is 0 Å². The zero-order valence-corrected chi connectivity index (χ0v) is 15.0. The number of aliphatic hydroxyl groups excluding tert-OH is 1. The van der Waals surface area contributed by atoms with E-state index in [4.69, 9.17) is 0 Å². The zero-order valence-electron chi connectivity index (χ0n) is 15.0. The number of amides is 2. The molecule has 1 saturated carbocycles. The lowest BCUT2D eigenvalue weighted by Crippen LogP contribution is -2.48. The van der Waals surface area contributed by atoms with E-state index in [0.717, 1.165) is 38.8 Å². The van der Waals surface area contributed by atoms with Crippen LogP contribution in [0.4, 0.5) is 4.79 Å². The van der Waals surface area contributed by atoms with E-state index < -0.39 is 0 Å². The highest BCUT2D eigenvalue weighted by Gasteiger charge is 2.24. The van der Waals surface area contributed by atoms with Gasteiger partial charge in [0.2, 0.25) is 0 Å². The number of hydrogen-bond acceptors (Lipinski definition) is 3. The third kappa shape index (κ3) is 5.72. The first kappa shape index (κ1) is 18.2. The largest absolute Gasteiger partial charge is 0.393 e. The van der Waals surface area contributed by atoms with Gasteiger partial charge in [0.05, 0.1) is 6.10 Å². The average Bonchev–Trinajstić information content (AvgIpc) is 3.05. The van der Waals surface area contributed by atoms with Crippen LogP contribution in [0.5, 0.6) is 0 Å². The van der Waals surface area contributed by atoms with Crippen molar-refractivity contribution in [2.45, 2.75) is 57.2 Å². The Kier molecular flexibility index (Phi) is 6.70. The SMILES string of the molecule is O=C(NCC1CCC(O)C1)NCC1CCCCN1Cc1ccccc1. The maximum atomic E-state index is 12.1. The molecular weight excluding hydrogens is 314 g/mol. The van der Waals surface area contributed by atoms with Crippen molar-refractivity contribution in [2.75, 3.05) is 19.6 Å². The number of likely N-dealkylation sites (tertiary alicyclic amines) is 1. The Bertz CT molecular complexity index is 537. The molecule has 0 aromatic heterocycles. The van der Waals surface area contributed by atoms with Gasteiger partial charge in [-0.3, -0.25) is 4.90 Å². The number of nitrogens with zero attached hydrogens (tertiary/aromatic N) is 1. The zero-order chi connectivity index (χ0) is 17.5. The molecule has 3 unspecified atom stereocenters. The maximum Gasteiger partial charge on any atom is 0.314 e. The molecule has 1 heterocycles. The molecule has 2 aliphatic rings. The van der Waals surface area contributed by atoms with Gasteiger partial charge in [0.1, 0.15) is 0 Å².